The first-order valence-electron chi connectivity index (χ1n) is 10.7. The topological polar surface area (TPSA) is 120 Å². The lowest BCUT2D eigenvalue weighted by Gasteiger charge is -2.11. The summed E-state index contributed by atoms with van der Waals surface area (Å²) in [6.45, 7) is 1.74. The molecule has 1 aliphatic carbocycles. The first-order chi connectivity index (χ1) is 16.0. The molecule has 3 heterocycles. The van der Waals surface area contributed by atoms with Gasteiger partial charge in [0.15, 0.2) is 18.2 Å². The Balaban J connectivity index is 1.31. The van der Waals surface area contributed by atoms with E-state index in [4.69, 9.17) is 14.9 Å². The molecule has 0 radical (unpaired) electrons. The summed E-state index contributed by atoms with van der Waals surface area (Å²) in [5, 5.41) is 3.70. The number of furan rings is 1. The Kier molecular flexibility index (Phi) is 5.55. The summed E-state index contributed by atoms with van der Waals surface area (Å²) < 4.78 is 10.6. The number of nitrogen functional groups attached to an aromatic ring is 1. The second-order valence-corrected chi connectivity index (χ2v) is 9.04. The number of nitrogens with zero attached hydrogens (tertiary/aromatic N) is 2. The van der Waals surface area contributed by atoms with E-state index < -0.39 is 11.9 Å². The van der Waals surface area contributed by atoms with Gasteiger partial charge in [0.1, 0.15) is 10.6 Å². The molecule has 0 aliphatic heterocycles. The fraction of sp³-hybridized carbons (Fsp3) is 0.250. The molecule has 9 heteroatoms. The molecule has 1 aromatic carbocycles. The summed E-state index contributed by atoms with van der Waals surface area (Å²) in [4.78, 5) is 36.1. The predicted octanol–water partition coefficient (Wildman–Crippen LogP) is 4.66. The molecule has 0 saturated heterocycles. The summed E-state index contributed by atoms with van der Waals surface area (Å²) in [5.74, 6) is 0.0394. The first kappa shape index (κ1) is 21.1. The summed E-state index contributed by atoms with van der Waals surface area (Å²) in [6, 6.07) is 8.16. The van der Waals surface area contributed by atoms with Crippen LogP contribution in [0.2, 0.25) is 0 Å². The normalized spacial score (nSPS) is 13.0. The van der Waals surface area contributed by atoms with Gasteiger partial charge in [0.2, 0.25) is 0 Å². The van der Waals surface area contributed by atoms with E-state index in [2.05, 4.69) is 15.3 Å². The lowest BCUT2D eigenvalue weighted by atomic mass is 9.97. The molecule has 0 spiro atoms. The number of fused-ring (bicyclic) bond motifs is 3. The van der Waals surface area contributed by atoms with Crippen LogP contribution in [0, 0.1) is 6.92 Å². The van der Waals surface area contributed by atoms with Crippen LogP contribution < -0.4 is 11.1 Å². The third kappa shape index (κ3) is 4.19. The lowest BCUT2D eigenvalue weighted by Crippen LogP contribution is -2.13. The van der Waals surface area contributed by atoms with E-state index in [0.717, 1.165) is 35.0 Å². The molecule has 168 valence electrons. The van der Waals surface area contributed by atoms with Gasteiger partial charge in [0.05, 0.1) is 17.2 Å². The molecule has 0 atom stereocenters. The monoisotopic (exact) mass is 462 g/mol. The number of ether oxygens (including phenoxy) is 1. The van der Waals surface area contributed by atoms with Gasteiger partial charge in [-0.1, -0.05) is 6.07 Å². The number of nitrogens with two attached hydrogens (primary N) is 1. The first-order valence-corrected chi connectivity index (χ1v) is 11.5. The van der Waals surface area contributed by atoms with Crippen LogP contribution in [0.4, 0.5) is 11.5 Å². The summed E-state index contributed by atoms with van der Waals surface area (Å²) in [7, 11) is 0. The maximum Gasteiger partial charge on any atom is 0.338 e. The van der Waals surface area contributed by atoms with Crippen molar-refractivity contribution in [2.24, 2.45) is 0 Å². The van der Waals surface area contributed by atoms with Gasteiger partial charge in [-0.25, -0.2) is 14.8 Å². The summed E-state index contributed by atoms with van der Waals surface area (Å²) in [6.07, 6.45) is 5.80. The van der Waals surface area contributed by atoms with Crippen LogP contribution in [0.5, 0.6) is 0 Å². The molecular formula is C24H22N4O4S. The number of rotatable bonds is 5. The number of amides is 1. The van der Waals surface area contributed by atoms with Crippen LogP contribution in [0.25, 0.3) is 10.2 Å². The maximum atomic E-state index is 12.7. The number of carbonyl (C=O) groups is 2. The van der Waals surface area contributed by atoms with Crippen molar-refractivity contribution in [2.75, 3.05) is 11.1 Å². The fourth-order valence-electron chi connectivity index (χ4n) is 3.98. The van der Waals surface area contributed by atoms with Crippen LogP contribution in [-0.4, -0.2) is 21.8 Å². The van der Waals surface area contributed by atoms with E-state index >= 15 is 0 Å². The molecule has 0 bridgehead atoms. The van der Waals surface area contributed by atoms with E-state index in [0.29, 0.717) is 22.9 Å². The molecule has 0 saturated carbocycles. The van der Waals surface area contributed by atoms with Crippen LogP contribution in [0.15, 0.2) is 41.0 Å². The van der Waals surface area contributed by atoms with E-state index in [9.17, 15) is 9.59 Å². The molecule has 3 N–H and O–H groups in total. The number of benzene rings is 1. The van der Waals surface area contributed by atoms with Crippen molar-refractivity contribution in [3.63, 3.8) is 0 Å². The minimum Gasteiger partial charge on any atom is -0.459 e. The molecule has 5 rings (SSSR count). The Morgan fingerprint density at radius 3 is 2.88 bits per heavy atom. The fourth-order valence-corrected chi connectivity index (χ4v) is 5.27. The van der Waals surface area contributed by atoms with E-state index in [1.807, 2.05) is 6.92 Å². The third-order valence-corrected chi connectivity index (χ3v) is 6.87. The average Bonchev–Trinajstić information content (AvgIpc) is 3.47. The van der Waals surface area contributed by atoms with Gasteiger partial charge in [-0.15, -0.1) is 11.3 Å². The number of nitrogens with one attached hydrogen (secondary N) is 1. The van der Waals surface area contributed by atoms with Crippen molar-refractivity contribution in [3.8, 4) is 0 Å². The van der Waals surface area contributed by atoms with E-state index in [1.165, 1.54) is 23.1 Å². The van der Waals surface area contributed by atoms with Crippen LogP contribution in [-0.2, 0) is 24.2 Å². The highest BCUT2D eigenvalue weighted by Crippen LogP contribution is 2.37. The maximum absolute atomic E-state index is 12.7. The minimum absolute atomic E-state index is 0.0937. The Morgan fingerprint density at radius 2 is 2.06 bits per heavy atom. The smallest absolute Gasteiger partial charge is 0.338 e. The molecule has 33 heavy (non-hydrogen) atoms. The quantitative estimate of drug-likeness (QED) is 0.414. The molecule has 1 amide bonds. The highest BCUT2D eigenvalue weighted by Gasteiger charge is 2.21. The van der Waals surface area contributed by atoms with Gasteiger partial charge in [-0.3, -0.25) is 4.79 Å². The van der Waals surface area contributed by atoms with Crippen LogP contribution >= 0.6 is 11.3 Å². The Labute approximate surface area is 193 Å². The number of hydrogen-bond acceptors (Lipinski definition) is 8. The predicted molar refractivity (Wildman–Crippen MR) is 125 cm³/mol. The lowest BCUT2D eigenvalue weighted by molar-refractivity contribution is 0.0462. The number of carbonyl (C=O) groups excluding carboxylic acids is 2. The van der Waals surface area contributed by atoms with Crippen molar-refractivity contribution in [3.05, 3.63) is 69.7 Å². The van der Waals surface area contributed by atoms with Gasteiger partial charge in [-0.05, 0) is 68.0 Å². The number of thiophene rings is 1. The van der Waals surface area contributed by atoms with Gasteiger partial charge in [0, 0.05) is 10.6 Å². The van der Waals surface area contributed by atoms with Crippen molar-refractivity contribution < 1.29 is 18.7 Å². The Hall–Kier alpha value is -3.72. The largest absolute Gasteiger partial charge is 0.459 e. The molecule has 3 aromatic heterocycles. The number of hydrogen-bond donors (Lipinski definition) is 2. The number of anilines is 2. The summed E-state index contributed by atoms with van der Waals surface area (Å²) >= 11 is 1.65. The van der Waals surface area contributed by atoms with Crippen molar-refractivity contribution in [2.45, 2.75) is 39.2 Å². The van der Waals surface area contributed by atoms with Crippen molar-refractivity contribution in [1.82, 2.24) is 9.97 Å². The molecule has 0 unspecified atom stereocenters. The third-order valence-electron chi connectivity index (χ3n) is 5.69. The van der Waals surface area contributed by atoms with Gasteiger partial charge in [-0.2, -0.15) is 0 Å². The zero-order valence-corrected chi connectivity index (χ0v) is 18.8. The van der Waals surface area contributed by atoms with Crippen molar-refractivity contribution >= 4 is 44.9 Å². The van der Waals surface area contributed by atoms with Crippen molar-refractivity contribution in [1.29, 1.82) is 0 Å². The minimum atomic E-state index is -0.545. The number of aromatic nitrogens is 2. The highest BCUT2D eigenvalue weighted by atomic mass is 32.1. The zero-order chi connectivity index (χ0) is 22.9. The van der Waals surface area contributed by atoms with E-state index in [1.54, 1.807) is 41.7 Å². The van der Waals surface area contributed by atoms with Gasteiger partial charge < -0.3 is 20.2 Å². The molecule has 1 aliphatic rings. The van der Waals surface area contributed by atoms with Gasteiger partial charge >= 0.3 is 5.97 Å². The average molecular weight is 463 g/mol. The molecule has 0 fully saturated rings. The van der Waals surface area contributed by atoms with Crippen LogP contribution in [0.3, 0.4) is 0 Å². The summed E-state index contributed by atoms with van der Waals surface area (Å²) in [5.41, 5.74) is 9.10. The van der Waals surface area contributed by atoms with Crippen LogP contribution in [0.1, 0.15) is 55.6 Å². The van der Waals surface area contributed by atoms with Gasteiger partial charge in [0.25, 0.3) is 5.91 Å². The zero-order valence-electron chi connectivity index (χ0n) is 18.0. The highest BCUT2D eigenvalue weighted by molar-refractivity contribution is 7.19. The second-order valence-electron chi connectivity index (χ2n) is 7.95. The SMILES string of the molecule is Cc1ccc(C(=O)OCc2nc(N)c3c4c(sc3n2)CCCC4)cc1NC(=O)c1ccco1. The Morgan fingerprint density at radius 1 is 1.21 bits per heavy atom. The molecule has 8 nitrogen and oxygen atoms in total. The Bertz CT molecular complexity index is 1360. The molecule has 4 aromatic rings. The molecular weight excluding hydrogens is 440 g/mol. The standard InChI is InChI=1S/C24H22N4O4S/c1-13-8-9-14(11-16(13)26-22(29)17-6-4-10-31-17)24(30)32-12-19-27-21(25)20-15-5-2-3-7-18(15)33-23(20)28-19/h4,6,8-11H,2-3,5,7,12H2,1H3,(H,26,29)(H2,25,27,28). The second kappa shape index (κ2) is 8.67. The van der Waals surface area contributed by atoms with E-state index in [-0.39, 0.29) is 12.4 Å². The number of esters is 1. The number of aryl methyl sites for hydroxylation is 3.